The first-order chi connectivity index (χ1) is 8.67. The van der Waals surface area contributed by atoms with Crippen molar-refractivity contribution in [3.63, 3.8) is 0 Å². The van der Waals surface area contributed by atoms with Gasteiger partial charge in [-0.15, -0.1) is 0 Å². The second-order valence-electron chi connectivity index (χ2n) is 3.98. The number of allylic oxidation sites excluding steroid dienone is 6. The molecule has 1 aromatic rings. The van der Waals surface area contributed by atoms with Crippen LogP contribution in [0, 0.1) is 0 Å². The lowest BCUT2D eigenvalue weighted by molar-refractivity contribution is -0.104. The highest BCUT2D eigenvalue weighted by Gasteiger charge is 1.95. The molecule has 2 heteroatoms. The number of carbonyl (C=O) groups is 1. The average molecular weight is 242 g/mol. The smallest absolute Gasteiger partial charge is 0.143 e. The molecule has 0 radical (unpaired) electrons. The van der Waals surface area contributed by atoms with E-state index in [1.54, 1.807) is 7.11 Å². The van der Waals surface area contributed by atoms with E-state index in [4.69, 9.17) is 4.74 Å². The molecule has 0 heterocycles. The highest BCUT2D eigenvalue weighted by atomic mass is 16.5. The first kappa shape index (κ1) is 14.0. The number of aldehydes is 1. The minimum atomic E-state index is 0.791. The fourth-order valence-corrected chi connectivity index (χ4v) is 1.46. The predicted molar refractivity (Wildman–Crippen MR) is 75.6 cm³/mol. The quantitative estimate of drug-likeness (QED) is 0.446. The van der Waals surface area contributed by atoms with E-state index in [1.165, 1.54) is 6.08 Å². The maximum Gasteiger partial charge on any atom is 0.143 e. The van der Waals surface area contributed by atoms with Gasteiger partial charge in [-0.05, 0) is 48.8 Å². The van der Waals surface area contributed by atoms with Crippen LogP contribution in [0.2, 0.25) is 0 Å². The summed E-state index contributed by atoms with van der Waals surface area (Å²) in [6, 6.07) is 7.92. The first-order valence-electron chi connectivity index (χ1n) is 5.79. The van der Waals surface area contributed by atoms with E-state index in [9.17, 15) is 4.79 Å². The zero-order chi connectivity index (χ0) is 13.4. The highest BCUT2D eigenvalue weighted by Crippen LogP contribution is 2.18. The number of rotatable bonds is 5. The average Bonchev–Trinajstić information content (AvgIpc) is 2.39. The van der Waals surface area contributed by atoms with Crippen LogP contribution in [0.5, 0.6) is 5.75 Å². The summed E-state index contributed by atoms with van der Waals surface area (Å²) in [6.45, 7) is 3.94. The van der Waals surface area contributed by atoms with Crippen molar-refractivity contribution in [3.8, 4) is 5.75 Å². The number of ether oxygens (including phenoxy) is 1. The van der Waals surface area contributed by atoms with Crippen molar-refractivity contribution in [1.29, 1.82) is 0 Å². The lowest BCUT2D eigenvalue weighted by Gasteiger charge is -2.02. The molecule has 0 fully saturated rings. The number of hydrogen-bond acceptors (Lipinski definition) is 2. The summed E-state index contributed by atoms with van der Waals surface area (Å²) >= 11 is 0. The van der Waals surface area contributed by atoms with Crippen molar-refractivity contribution in [1.82, 2.24) is 0 Å². The van der Waals surface area contributed by atoms with Crippen LogP contribution < -0.4 is 4.74 Å². The van der Waals surface area contributed by atoms with Gasteiger partial charge >= 0.3 is 0 Å². The van der Waals surface area contributed by atoms with Gasteiger partial charge in [0.2, 0.25) is 0 Å². The van der Waals surface area contributed by atoms with Crippen molar-refractivity contribution < 1.29 is 9.53 Å². The molecule has 0 atom stereocenters. The Morgan fingerprint density at radius 3 is 2.33 bits per heavy atom. The van der Waals surface area contributed by atoms with E-state index in [0.29, 0.717) is 0 Å². The van der Waals surface area contributed by atoms with Crippen LogP contribution in [0.15, 0.2) is 54.1 Å². The molecule has 1 aromatic carbocycles. The molecule has 0 spiro atoms. The maximum absolute atomic E-state index is 10.3. The van der Waals surface area contributed by atoms with Gasteiger partial charge in [0, 0.05) is 0 Å². The third-order valence-electron chi connectivity index (χ3n) is 2.58. The molecule has 1 rings (SSSR count). The molecule has 0 aliphatic rings. The van der Waals surface area contributed by atoms with E-state index >= 15 is 0 Å². The normalized spacial score (nSPS) is 12.8. The van der Waals surface area contributed by atoms with Crippen LogP contribution >= 0.6 is 0 Å². The maximum atomic E-state index is 10.3. The zero-order valence-corrected chi connectivity index (χ0v) is 11.0. The van der Waals surface area contributed by atoms with Gasteiger partial charge in [0.15, 0.2) is 0 Å². The van der Waals surface area contributed by atoms with Gasteiger partial charge in [-0.1, -0.05) is 30.4 Å². The van der Waals surface area contributed by atoms with Crippen molar-refractivity contribution in [2.45, 2.75) is 13.8 Å². The van der Waals surface area contributed by atoms with Gasteiger partial charge in [0.05, 0.1) is 7.11 Å². The van der Waals surface area contributed by atoms with Gasteiger partial charge in [-0.2, -0.15) is 0 Å². The Hall–Kier alpha value is -2.09. The minimum Gasteiger partial charge on any atom is -0.497 e. The monoisotopic (exact) mass is 242 g/mol. The van der Waals surface area contributed by atoms with Gasteiger partial charge in [0.1, 0.15) is 12.0 Å². The van der Waals surface area contributed by atoms with Crippen molar-refractivity contribution in [2.75, 3.05) is 7.11 Å². The molecule has 0 bridgehead atoms. The first-order valence-corrected chi connectivity index (χ1v) is 5.79. The van der Waals surface area contributed by atoms with E-state index in [2.05, 4.69) is 0 Å². The zero-order valence-electron chi connectivity index (χ0n) is 11.0. The number of carbonyl (C=O) groups excluding carboxylic acids is 1. The summed E-state index contributed by atoms with van der Waals surface area (Å²) in [6.07, 6.45) is 8.19. The largest absolute Gasteiger partial charge is 0.497 e. The van der Waals surface area contributed by atoms with Crippen LogP contribution in [0.4, 0.5) is 0 Å². The molecule has 0 N–H and O–H groups in total. The number of hydrogen-bond donors (Lipinski definition) is 0. The van der Waals surface area contributed by atoms with Crippen LogP contribution in [0.3, 0.4) is 0 Å². The summed E-state index contributed by atoms with van der Waals surface area (Å²) in [5.74, 6) is 0.854. The van der Waals surface area contributed by atoms with E-state index in [0.717, 1.165) is 28.7 Å². The predicted octanol–water partition coefficient (Wildman–Crippen LogP) is 3.80. The second-order valence-corrected chi connectivity index (χ2v) is 3.98. The van der Waals surface area contributed by atoms with E-state index in [1.807, 2.05) is 56.3 Å². The molecule has 0 amide bonds. The number of methoxy groups -OCH3 is 1. The highest BCUT2D eigenvalue weighted by molar-refractivity contribution is 5.68. The Kier molecular flexibility index (Phi) is 5.65. The van der Waals surface area contributed by atoms with Crippen molar-refractivity contribution in [3.05, 3.63) is 59.7 Å². The molecule has 0 aromatic heterocycles. The summed E-state index contributed by atoms with van der Waals surface area (Å²) < 4.78 is 5.11. The molecular weight excluding hydrogens is 224 g/mol. The van der Waals surface area contributed by atoms with E-state index < -0.39 is 0 Å². The Morgan fingerprint density at radius 1 is 1.11 bits per heavy atom. The molecule has 94 valence electrons. The second kappa shape index (κ2) is 7.28. The van der Waals surface area contributed by atoms with Crippen molar-refractivity contribution >= 4 is 11.9 Å². The molecular formula is C16H18O2. The summed E-state index contributed by atoms with van der Waals surface area (Å²) in [7, 11) is 1.66. The fraction of sp³-hybridized carbons (Fsp3) is 0.188. The summed E-state index contributed by atoms with van der Waals surface area (Å²) in [5, 5.41) is 0. The molecule has 0 aliphatic carbocycles. The van der Waals surface area contributed by atoms with Crippen LogP contribution in [0.25, 0.3) is 5.57 Å². The van der Waals surface area contributed by atoms with Gasteiger partial charge in [-0.3, -0.25) is 4.79 Å². The summed E-state index contributed by atoms with van der Waals surface area (Å²) in [5.41, 5.74) is 3.24. The van der Waals surface area contributed by atoms with E-state index in [-0.39, 0.29) is 0 Å². The Balaban J connectivity index is 2.76. The van der Waals surface area contributed by atoms with Gasteiger partial charge < -0.3 is 4.74 Å². The lowest BCUT2D eigenvalue weighted by Crippen LogP contribution is -1.83. The Bertz CT molecular complexity index is 476. The molecule has 18 heavy (non-hydrogen) atoms. The minimum absolute atomic E-state index is 0.791. The van der Waals surface area contributed by atoms with Crippen LogP contribution in [0.1, 0.15) is 19.4 Å². The summed E-state index contributed by atoms with van der Waals surface area (Å²) in [4.78, 5) is 10.3. The molecule has 2 nitrogen and oxygen atoms in total. The fourth-order valence-electron chi connectivity index (χ4n) is 1.46. The lowest BCUT2D eigenvalue weighted by atomic mass is 10.1. The van der Waals surface area contributed by atoms with Gasteiger partial charge in [-0.25, -0.2) is 0 Å². The van der Waals surface area contributed by atoms with Gasteiger partial charge in [0.25, 0.3) is 0 Å². The third-order valence-corrected chi connectivity index (χ3v) is 2.58. The molecule has 0 saturated heterocycles. The Morgan fingerprint density at radius 2 is 1.78 bits per heavy atom. The number of benzene rings is 1. The standard InChI is InChI=1S/C16H18O2/c1-13(11-12-17)5-4-6-14(2)15-7-9-16(18-3)10-8-15/h4-12H,1-3H3/b5-4+,13-11+,14-6-. The molecule has 0 saturated carbocycles. The topological polar surface area (TPSA) is 26.3 Å². The molecule has 0 unspecified atom stereocenters. The van der Waals surface area contributed by atoms with Crippen molar-refractivity contribution in [2.24, 2.45) is 0 Å². The Labute approximate surface area is 108 Å². The molecule has 0 aliphatic heterocycles. The van der Waals surface area contributed by atoms with Crippen LogP contribution in [-0.2, 0) is 4.79 Å². The van der Waals surface area contributed by atoms with Crippen LogP contribution in [-0.4, -0.2) is 13.4 Å². The third kappa shape index (κ3) is 4.42. The SMILES string of the molecule is COc1ccc(\C(C)=C/C=C/C(C)=C/C=O)cc1.